The van der Waals surface area contributed by atoms with Gasteiger partial charge in [0.15, 0.2) is 0 Å². The van der Waals surface area contributed by atoms with Gasteiger partial charge in [0.05, 0.1) is 12.8 Å². The van der Waals surface area contributed by atoms with Gasteiger partial charge in [-0.05, 0) is 31.0 Å². The summed E-state index contributed by atoms with van der Waals surface area (Å²) in [4.78, 5) is 4.41. The second-order valence-electron chi connectivity index (χ2n) is 4.55. The fourth-order valence-electron chi connectivity index (χ4n) is 1.93. The van der Waals surface area contributed by atoms with Gasteiger partial charge in [0.1, 0.15) is 18.1 Å². The molecule has 1 heterocycles. The Balaban J connectivity index is 1.99. The highest BCUT2D eigenvalue weighted by Crippen LogP contribution is 2.17. The number of methoxy groups -OCH3 is 1. The monoisotopic (exact) mass is 273 g/mol. The summed E-state index contributed by atoms with van der Waals surface area (Å²) >= 11 is 0. The molecule has 0 spiro atoms. The number of nitrogens with zero attached hydrogens (tertiary/aromatic N) is 1. The summed E-state index contributed by atoms with van der Waals surface area (Å²) in [5.74, 6) is 1.57. The third-order valence-corrected chi connectivity index (χ3v) is 2.93. The molecule has 0 aliphatic rings. The topological polar surface area (TPSA) is 51.6 Å². The number of ether oxygens (including phenoxy) is 2. The lowest BCUT2D eigenvalue weighted by molar-refractivity contribution is 0.296. The van der Waals surface area contributed by atoms with E-state index >= 15 is 0 Å². The minimum atomic E-state index is 0.160. The van der Waals surface area contributed by atoms with E-state index in [-0.39, 0.29) is 6.61 Å². The van der Waals surface area contributed by atoms with Crippen molar-refractivity contribution in [2.24, 2.45) is 0 Å². The van der Waals surface area contributed by atoms with Crippen LogP contribution in [0.15, 0.2) is 36.4 Å². The Morgan fingerprint density at radius 2 is 1.85 bits per heavy atom. The number of rotatable bonds is 6. The first-order chi connectivity index (χ1) is 9.71. The first-order valence-electron chi connectivity index (χ1n) is 6.55. The maximum Gasteiger partial charge on any atom is 0.130 e. The van der Waals surface area contributed by atoms with E-state index in [0.717, 1.165) is 28.5 Å². The summed E-state index contributed by atoms with van der Waals surface area (Å²) < 4.78 is 10.9. The summed E-state index contributed by atoms with van der Waals surface area (Å²) in [5.41, 5.74) is 2.83. The third kappa shape index (κ3) is 3.96. The molecule has 0 amide bonds. The fraction of sp³-hybridized carbons (Fsp3) is 0.312. The van der Waals surface area contributed by atoms with Crippen LogP contribution in [0.3, 0.4) is 0 Å². The number of benzene rings is 1. The molecule has 0 bridgehead atoms. The molecule has 0 saturated heterocycles. The Morgan fingerprint density at radius 1 is 1.10 bits per heavy atom. The van der Waals surface area contributed by atoms with Gasteiger partial charge in [-0.2, -0.15) is 0 Å². The molecule has 0 aliphatic heterocycles. The van der Waals surface area contributed by atoms with Crippen LogP contribution in [0.5, 0.6) is 11.5 Å². The molecule has 2 aromatic rings. The van der Waals surface area contributed by atoms with E-state index in [1.54, 1.807) is 7.11 Å². The minimum Gasteiger partial charge on any atom is -0.497 e. The van der Waals surface area contributed by atoms with Crippen molar-refractivity contribution in [3.8, 4) is 11.5 Å². The van der Waals surface area contributed by atoms with Crippen molar-refractivity contribution < 1.29 is 14.6 Å². The molecule has 0 atom stereocenters. The second-order valence-corrected chi connectivity index (χ2v) is 4.55. The first-order valence-corrected chi connectivity index (χ1v) is 6.55. The van der Waals surface area contributed by atoms with E-state index in [2.05, 4.69) is 4.98 Å². The summed E-state index contributed by atoms with van der Waals surface area (Å²) in [5, 5.41) is 8.87. The van der Waals surface area contributed by atoms with E-state index in [4.69, 9.17) is 14.6 Å². The first kappa shape index (κ1) is 14.3. The maximum absolute atomic E-state index is 8.87. The maximum atomic E-state index is 8.87. The number of hydrogen-bond acceptors (Lipinski definition) is 4. The SMILES string of the molecule is COc1cc(C)nc(COc2ccc(CCO)cc2)c1. The highest BCUT2D eigenvalue weighted by Gasteiger charge is 2.02. The zero-order valence-corrected chi connectivity index (χ0v) is 11.8. The van der Waals surface area contributed by atoms with Crippen LogP contribution in [0.2, 0.25) is 0 Å². The number of aryl methyl sites for hydroxylation is 1. The van der Waals surface area contributed by atoms with Crippen molar-refractivity contribution >= 4 is 0 Å². The summed E-state index contributed by atoms with van der Waals surface area (Å²) in [7, 11) is 1.64. The van der Waals surface area contributed by atoms with Gasteiger partial charge in [-0.25, -0.2) is 0 Å². The second kappa shape index (κ2) is 6.91. The van der Waals surface area contributed by atoms with Crippen LogP contribution in [-0.2, 0) is 13.0 Å². The number of pyridine rings is 1. The standard InChI is InChI=1S/C16H19NO3/c1-12-9-16(19-2)10-14(17-12)11-20-15-5-3-13(4-6-15)7-8-18/h3-6,9-10,18H,7-8,11H2,1-2H3. The van der Waals surface area contributed by atoms with E-state index in [0.29, 0.717) is 13.0 Å². The smallest absolute Gasteiger partial charge is 0.130 e. The van der Waals surface area contributed by atoms with E-state index in [9.17, 15) is 0 Å². The van der Waals surface area contributed by atoms with Gasteiger partial charge in [0.2, 0.25) is 0 Å². The highest BCUT2D eigenvalue weighted by atomic mass is 16.5. The molecule has 2 rings (SSSR count). The number of aromatic nitrogens is 1. The van der Waals surface area contributed by atoms with E-state index in [1.165, 1.54) is 0 Å². The molecule has 4 heteroatoms. The number of aliphatic hydroxyl groups is 1. The molecule has 1 aromatic carbocycles. The molecule has 0 aliphatic carbocycles. The fourth-order valence-corrected chi connectivity index (χ4v) is 1.93. The Kier molecular flexibility index (Phi) is 4.96. The van der Waals surface area contributed by atoms with Gasteiger partial charge in [-0.15, -0.1) is 0 Å². The van der Waals surface area contributed by atoms with Crippen molar-refractivity contribution in [1.29, 1.82) is 0 Å². The quantitative estimate of drug-likeness (QED) is 0.878. The van der Waals surface area contributed by atoms with Gasteiger partial charge >= 0.3 is 0 Å². The van der Waals surface area contributed by atoms with Crippen LogP contribution in [0.25, 0.3) is 0 Å². The van der Waals surface area contributed by atoms with E-state index in [1.807, 2.05) is 43.3 Å². The molecule has 0 saturated carbocycles. The van der Waals surface area contributed by atoms with Crippen molar-refractivity contribution in [1.82, 2.24) is 4.98 Å². The predicted octanol–water partition coefficient (Wildman–Crippen LogP) is 2.51. The van der Waals surface area contributed by atoms with Crippen LogP contribution >= 0.6 is 0 Å². The lowest BCUT2D eigenvalue weighted by Crippen LogP contribution is -2.00. The summed E-state index contributed by atoms with van der Waals surface area (Å²) in [6.45, 7) is 2.49. The van der Waals surface area contributed by atoms with Crippen molar-refractivity contribution in [2.75, 3.05) is 13.7 Å². The Labute approximate surface area is 119 Å². The normalized spacial score (nSPS) is 10.3. The highest BCUT2D eigenvalue weighted by molar-refractivity contribution is 5.29. The number of hydrogen-bond donors (Lipinski definition) is 1. The Hall–Kier alpha value is -2.07. The van der Waals surface area contributed by atoms with Crippen LogP contribution < -0.4 is 9.47 Å². The van der Waals surface area contributed by atoms with Crippen molar-refractivity contribution in [3.05, 3.63) is 53.3 Å². The molecule has 1 N–H and O–H groups in total. The zero-order valence-electron chi connectivity index (χ0n) is 11.8. The average Bonchev–Trinajstić information content (AvgIpc) is 2.46. The van der Waals surface area contributed by atoms with Gasteiger partial charge in [0.25, 0.3) is 0 Å². The largest absolute Gasteiger partial charge is 0.497 e. The van der Waals surface area contributed by atoms with E-state index < -0.39 is 0 Å². The van der Waals surface area contributed by atoms with Crippen LogP contribution in [0.1, 0.15) is 17.0 Å². The van der Waals surface area contributed by atoms with Gasteiger partial charge in [0, 0.05) is 24.4 Å². The molecule has 0 unspecified atom stereocenters. The van der Waals surface area contributed by atoms with Crippen LogP contribution in [0, 0.1) is 6.92 Å². The van der Waals surface area contributed by atoms with Crippen molar-refractivity contribution in [2.45, 2.75) is 20.0 Å². The van der Waals surface area contributed by atoms with Crippen molar-refractivity contribution in [3.63, 3.8) is 0 Å². The molecule has 0 fully saturated rings. The lowest BCUT2D eigenvalue weighted by atomic mass is 10.1. The summed E-state index contributed by atoms with van der Waals surface area (Å²) in [6, 6.07) is 11.5. The van der Waals surface area contributed by atoms with Gasteiger partial charge in [-0.1, -0.05) is 12.1 Å². The Bertz CT molecular complexity index is 552. The predicted molar refractivity (Wildman–Crippen MR) is 77.1 cm³/mol. The molecule has 4 nitrogen and oxygen atoms in total. The number of aliphatic hydroxyl groups excluding tert-OH is 1. The lowest BCUT2D eigenvalue weighted by Gasteiger charge is -2.09. The molecule has 20 heavy (non-hydrogen) atoms. The van der Waals surface area contributed by atoms with Gasteiger partial charge in [-0.3, -0.25) is 4.98 Å². The third-order valence-electron chi connectivity index (χ3n) is 2.93. The minimum absolute atomic E-state index is 0.160. The zero-order chi connectivity index (χ0) is 14.4. The molecular weight excluding hydrogens is 254 g/mol. The van der Waals surface area contributed by atoms with Gasteiger partial charge < -0.3 is 14.6 Å². The molecule has 1 aromatic heterocycles. The molecular formula is C16H19NO3. The van der Waals surface area contributed by atoms with Crippen LogP contribution in [-0.4, -0.2) is 23.8 Å². The summed E-state index contributed by atoms with van der Waals surface area (Å²) in [6.07, 6.45) is 0.664. The average molecular weight is 273 g/mol. The van der Waals surface area contributed by atoms with Crippen LogP contribution in [0.4, 0.5) is 0 Å². The molecule has 106 valence electrons. The molecule has 0 radical (unpaired) electrons. The Morgan fingerprint density at radius 3 is 2.50 bits per heavy atom.